The van der Waals surface area contributed by atoms with Crippen LogP contribution in [0.25, 0.3) is 0 Å². The summed E-state index contributed by atoms with van der Waals surface area (Å²) in [6.45, 7) is 1.84. The summed E-state index contributed by atoms with van der Waals surface area (Å²) in [4.78, 5) is 14.2. The molecule has 5 nitrogen and oxygen atoms in total. The average Bonchev–Trinajstić information content (AvgIpc) is 2.88. The monoisotopic (exact) mass is 257 g/mol. The molecule has 1 aliphatic carbocycles. The second-order valence-electron chi connectivity index (χ2n) is 4.20. The Labute approximate surface area is 109 Å². The van der Waals surface area contributed by atoms with E-state index in [1.165, 1.54) is 17.0 Å². The quantitative estimate of drug-likeness (QED) is 0.893. The van der Waals surface area contributed by atoms with Crippen molar-refractivity contribution in [1.29, 1.82) is 5.26 Å². The fourth-order valence-corrected chi connectivity index (χ4v) is 3.06. The molecule has 6 heteroatoms. The van der Waals surface area contributed by atoms with Gasteiger partial charge in [-0.05, 0) is 32.3 Å². The zero-order chi connectivity index (χ0) is 12.5. The molecular formula is C12H11N5S. The largest absolute Gasteiger partial charge is 0.300 e. The number of aryl methyl sites for hydroxylation is 3. The molecule has 0 radical (unpaired) electrons. The first kappa shape index (κ1) is 11.1. The van der Waals surface area contributed by atoms with Gasteiger partial charge in [0.1, 0.15) is 11.8 Å². The van der Waals surface area contributed by atoms with Crippen molar-refractivity contribution >= 4 is 22.4 Å². The van der Waals surface area contributed by atoms with Crippen molar-refractivity contribution in [3.8, 4) is 6.07 Å². The lowest BCUT2D eigenvalue weighted by atomic mass is 10.3. The van der Waals surface area contributed by atoms with E-state index in [2.05, 4.69) is 20.3 Å². The highest BCUT2D eigenvalue weighted by Crippen LogP contribution is 2.31. The minimum atomic E-state index is 0.370. The van der Waals surface area contributed by atoms with Crippen LogP contribution < -0.4 is 5.32 Å². The normalized spacial score (nSPS) is 13.1. The molecule has 2 aromatic heterocycles. The second kappa shape index (κ2) is 4.35. The predicted octanol–water partition coefficient (Wildman–Crippen LogP) is 2.35. The van der Waals surface area contributed by atoms with Crippen LogP contribution in [-0.2, 0) is 12.8 Å². The van der Waals surface area contributed by atoms with Crippen LogP contribution in [-0.4, -0.2) is 15.0 Å². The molecule has 1 aliphatic rings. The number of hydrogen-bond donors (Lipinski definition) is 1. The second-order valence-corrected chi connectivity index (χ2v) is 5.28. The van der Waals surface area contributed by atoms with Gasteiger partial charge in [0.2, 0.25) is 5.95 Å². The Morgan fingerprint density at radius 1 is 1.33 bits per heavy atom. The highest BCUT2D eigenvalue weighted by molar-refractivity contribution is 7.15. The van der Waals surface area contributed by atoms with E-state index in [1.807, 2.05) is 13.0 Å². The van der Waals surface area contributed by atoms with Crippen molar-refractivity contribution in [3.63, 3.8) is 0 Å². The van der Waals surface area contributed by atoms with Gasteiger partial charge in [0.05, 0.1) is 5.69 Å². The zero-order valence-corrected chi connectivity index (χ0v) is 10.7. The van der Waals surface area contributed by atoms with Crippen LogP contribution in [0.5, 0.6) is 0 Å². The van der Waals surface area contributed by atoms with Gasteiger partial charge in [0.25, 0.3) is 0 Å². The van der Waals surface area contributed by atoms with Crippen LogP contribution in [0.2, 0.25) is 0 Å². The predicted molar refractivity (Wildman–Crippen MR) is 68.9 cm³/mol. The number of nitrogens with zero attached hydrogens (tertiary/aromatic N) is 4. The molecule has 0 amide bonds. The Morgan fingerprint density at radius 3 is 3.00 bits per heavy atom. The Hall–Kier alpha value is -2.00. The van der Waals surface area contributed by atoms with Gasteiger partial charge in [0, 0.05) is 10.6 Å². The molecule has 18 heavy (non-hydrogen) atoms. The van der Waals surface area contributed by atoms with Crippen molar-refractivity contribution in [3.05, 3.63) is 28.0 Å². The van der Waals surface area contributed by atoms with Crippen molar-refractivity contribution in [1.82, 2.24) is 15.0 Å². The van der Waals surface area contributed by atoms with Crippen molar-refractivity contribution in [2.45, 2.75) is 26.2 Å². The van der Waals surface area contributed by atoms with Gasteiger partial charge in [0.15, 0.2) is 5.13 Å². The number of fused-ring (bicyclic) bond motifs is 1. The lowest BCUT2D eigenvalue weighted by Crippen LogP contribution is -2.00. The fourth-order valence-electron chi connectivity index (χ4n) is 2.02. The van der Waals surface area contributed by atoms with Crippen LogP contribution in [0.15, 0.2) is 6.07 Å². The first-order valence-electron chi connectivity index (χ1n) is 5.76. The first-order chi connectivity index (χ1) is 8.74. The number of rotatable bonds is 2. The summed E-state index contributed by atoms with van der Waals surface area (Å²) in [6.07, 6.45) is 3.38. The first-order valence-corrected chi connectivity index (χ1v) is 6.57. The van der Waals surface area contributed by atoms with E-state index in [0.717, 1.165) is 23.7 Å². The summed E-state index contributed by atoms with van der Waals surface area (Å²) in [5.74, 6) is 0.443. The summed E-state index contributed by atoms with van der Waals surface area (Å²) in [6, 6.07) is 3.68. The molecule has 2 heterocycles. The highest BCUT2D eigenvalue weighted by atomic mass is 32.1. The van der Waals surface area contributed by atoms with Gasteiger partial charge in [-0.15, -0.1) is 11.3 Å². The van der Waals surface area contributed by atoms with E-state index in [0.29, 0.717) is 11.6 Å². The number of anilines is 2. The van der Waals surface area contributed by atoms with E-state index < -0.39 is 0 Å². The smallest absolute Gasteiger partial charge is 0.230 e. The molecule has 0 aliphatic heterocycles. The van der Waals surface area contributed by atoms with E-state index in [-0.39, 0.29) is 0 Å². The van der Waals surface area contributed by atoms with Gasteiger partial charge in [-0.1, -0.05) is 0 Å². The van der Waals surface area contributed by atoms with E-state index in [9.17, 15) is 0 Å². The van der Waals surface area contributed by atoms with Crippen LogP contribution in [0.3, 0.4) is 0 Å². The van der Waals surface area contributed by atoms with E-state index in [4.69, 9.17) is 5.26 Å². The number of aromatic nitrogens is 3. The maximum atomic E-state index is 8.87. The van der Waals surface area contributed by atoms with Gasteiger partial charge < -0.3 is 0 Å². The zero-order valence-electron chi connectivity index (χ0n) is 9.90. The Balaban J connectivity index is 1.87. The summed E-state index contributed by atoms with van der Waals surface area (Å²) in [5, 5.41) is 12.8. The Kier molecular flexibility index (Phi) is 2.68. The minimum Gasteiger partial charge on any atom is -0.300 e. The summed E-state index contributed by atoms with van der Waals surface area (Å²) in [7, 11) is 0. The maximum Gasteiger partial charge on any atom is 0.230 e. The number of hydrogen-bond acceptors (Lipinski definition) is 6. The number of thiazole rings is 1. The van der Waals surface area contributed by atoms with Gasteiger partial charge in [-0.2, -0.15) is 5.26 Å². The molecule has 2 aromatic rings. The molecule has 0 aromatic carbocycles. The minimum absolute atomic E-state index is 0.370. The molecule has 90 valence electrons. The molecule has 0 atom stereocenters. The van der Waals surface area contributed by atoms with Crippen LogP contribution in [0.4, 0.5) is 11.1 Å². The van der Waals surface area contributed by atoms with Crippen LogP contribution >= 0.6 is 11.3 Å². The third kappa shape index (κ3) is 2.05. The maximum absolute atomic E-state index is 8.87. The standard InChI is InChI=1S/C12H11N5S/c1-7-5-8(6-13)15-11(14-7)17-12-16-9-3-2-4-10(9)18-12/h5H,2-4H2,1H3,(H,14,15,16,17). The fraction of sp³-hybridized carbons (Fsp3) is 0.333. The molecule has 0 saturated heterocycles. The molecule has 0 unspecified atom stereocenters. The van der Waals surface area contributed by atoms with E-state index >= 15 is 0 Å². The molecule has 3 rings (SSSR count). The lowest BCUT2D eigenvalue weighted by Gasteiger charge is -2.02. The molecular weight excluding hydrogens is 246 g/mol. The summed E-state index contributed by atoms with van der Waals surface area (Å²) in [5.41, 5.74) is 2.33. The third-order valence-electron chi connectivity index (χ3n) is 2.78. The van der Waals surface area contributed by atoms with Crippen molar-refractivity contribution in [2.75, 3.05) is 5.32 Å². The molecule has 0 fully saturated rings. The van der Waals surface area contributed by atoms with Crippen LogP contribution in [0.1, 0.15) is 28.4 Å². The van der Waals surface area contributed by atoms with E-state index in [1.54, 1.807) is 17.4 Å². The molecule has 0 bridgehead atoms. The van der Waals surface area contributed by atoms with Gasteiger partial charge in [-0.25, -0.2) is 15.0 Å². The highest BCUT2D eigenvalue weighted by Gasteiger charge is 2.17. The number of nitrogens with one attached hydrogen (secondary N) is 1. The molecule has 1 N–H and O–H groups in total. The van der Waals surface area contributed by atoms with Crippen LogP contribution in [0, 0.1) is 18.3 Å². The average molecular weight is 257 g/mol. The van der Waals surface area contributed by atoms with Crippen molar-refractivity contribution < 1.29 is 0 Å². The van der Waals surface area contributed by atoms with Gasteiger partial charge >= 0.3 is 0 Å². The third-order valence-corrected chi connectivity index (χ3v) is 3.86. The molecule has 0 saturated carbocycles. The van der Waals surface area contributed by atoms with Gasteiger partial charge in [-0.3, -0.25) is 5.32 Å². The molecule has 0 spiro atoms. The lowest BCUT2D eigenvalue weighted by molar-refractivity contribution is 0.900. The topological polar surface area (TPSA) is 74.5 Å². The Bertz CT molecular complexity index is 619. The van der Waals surface area contributed by atoms with Crippen molar-refractivity contribution in [2.24, 2.45) is 0 Å². The summed E-state index contributed by atoms with van der Waals surface area (Å²) < 4.78 is 0. The Morgan fingerprint density at radius 2 is 2.22 bits per heavy atom. The SMILES string of the molecule is Cc1cc(C#N)nc(Nc2nc3c(s2)CCC3)n1. The summed E-state index contributed by atoms with van der Waals surface area (Å²) >= 11 is 1.65. The number of nitriles is 1.